The van der Waals surface area contributed by atoms with Crippen molar-refractivity contribution < 1.29 is 33.3 Å². The lowest BCUT2D eigenvalue weighted by Crippen LogP contribution is -2.20. The fraction of sp³-hybridized carbons (Fsp3) is 0.529. The van der Waals surface area contributed by atoms with Crippen LogP contribution in [0.4, 0.5) is 4.39 Å². The van der Waals surface area contributed by atoms with Gasteiger partial charge in [0.2, 0.25) is 0 Å². The molecule has 0 aromatic heterocycles. The van der Waals surface area contributed by atoms with Crippen molar-refractivity contribution >= 4 is 11.9 Å². The number of aromatic carboxylic acids is 1. The van der Waals surface area contributed by atoms with Gasteiger partial charge >= 0.3 is 11.9 Å². The fourth-order valence-electron chi connectivity index (χ4n) is 3.62. The monoisotopic (exact) mass is 338 g/mol. The summed E-state index contributed by atoms with van der Waals surface area (Å²) in [6.45, 7) is 2.14. The Morgan fingerprint density at radius 2 is 1.92 bits per heavy atom. The third-order valence-corrected chi connectivity index (χ3v) is 4.74. The van der Waals surface area contributed by atoms with E-state index in [1.54, 1.807) is 6.92 Å². The lowest BCUT2D eigenvalue weighted by atomic mass is 10.1. The molecule has 0 saturated heterocycles. The molecule has 130 valence electrons. The zero-order valence-electron chi connectivity index (χ0n) is 13.5. The van der Waals surface area contributed by atoms with Crippen molar-refractivity contribution in [1.29, 1.82) is 0 Å². The van der Waals surface area contributed by atoms with Gasteiger partial charge in [0.15, 0.2) is 11.6 Å². The molecule has 3 rings (SSSR count). The Morgan fingerprint density at radius 3 is 2.46 bits per heavy atom. The molecule has 0 unspecified atom stereocenters. The lowest BCUT2D eigenvalue weighted by Gasteiger charge is -2.18. The van der Waals surface area contributed by atoms with E-state index in [0.717, 1.165) is 12.1 Å². The summed E-state index contributed by atoms with van der Waals surface area (Å²) in [5.41, 5.74) is -0.151. The molecule has 0 spiro atoms. The van der Waals surface area contributed by atoms with E-state index in [1.165, 1.54) is 7.11 Å². The molecule has 2 fully saturated rings. The number of hydrogen-bond donors (Lipinski definition) is 1. The minimum absolute atomic E-state index is 0.0519. The summed E-state index contributed by atoms with van der Waals surface area (Å²) in [5, 5.41) is 9.16. The van der Waals surface area contributed by atoms with Crippen LogP contribution in [0.2, 0.25) is 0 Å². The van der Waals surface area contributed by atoms with E-state index >= 15 is 0 Å². The highest BCUT2D eigenvalue weighted by molar-refractivity contribution is 5.91. The number of benzene rings is 1. The van der Waals surface area contributed by atoms with E-state index in [-0.39, 0.29) is 46.9 Å². The van der Waals surface area contributed by atoms with E-state index in [9.17, 15) is 14.0 Å². The van der Waals surface area contributed by atoms with Crippen LogP contribution in [0.3, 0.4) is 0 Å². The number of methoxy groups -OCH3 is 1. The molecule has 0 radical (unpaired) electrons. The highest BCUT2D eigenvalue weighted by Crippen LogP contribution is 2.58. The number of hydrogen-bond acceptors (Lipinski definition) is 5. The molecule has 24 heavy (non-hydrogen) atoms. The summed E-state index contributed by atoms with van der Waals surface area (Å²) < 4.78 is 29.6. The number of ether oxygens (including phenoxy) is 3. The summed E-state index contributed by atoms with van der Waals surface area (Å²) in [4.78, 5) is 22.9. The van der Waals surface area contributed by atoms with Gasteiger partial charge in [0.25, 0.3) is 0 Å². The molecule has 6 nitrogen and oxygen atoms in total. The van der Waals surface area contributed by atoms with Gasteiger partial charge in [-0.2, -0.15) is 0 Å². The number of halogens is 1. The molecule has 2 aliphatic carbocycles. The SMILES string of the molecule is CCOC(=O)[C@@H]1[C@@H]2C[C@H](Oc3cc(C(=O)O)c(OC)cc3F)C[C@@H]21. The van der Waals surface area contributed by atoms with E-state index < -0.39 is 11.8 Å². The molecule has 2 saturated carbocycles. The Bertz CT molecular complexity index is 661. The van der Waals surface area contributed by atoms with E-state index in [1.807, 2.05) is 0 Å². The molecule has 0 bridgehead atoms. The maximum absolute atomic E-state index is 14.1. The topological polar surface area (TPSA) is 82.1 Å². The van der Waals surface area contributed by atoms with Crippen molar-refractivity contribution in [3.63, 3.8) is 0 Å². The van der Waals surface area contributed by atoms with E-state index in [0.29, 0.717) is 19.4 Å². The standard InChI is InChI=1S/C17H19FO6/c1-3-23-17(21)15-9-4-8(5-10(9)15)24-14-6-11(16(19)20)13(22-2)7-12(14)18/h6-10,15H,3-5H2,1-2H3,(H,19,20)/t8-,9+,10-,15+. The highest BCUT2D eigenvalue weighted by atomic mass is 19.1. The first-order valence-corrected chi connectivity index (χ1v) is 7.90. The second kappa shape index (κ2) is 6.30. The Labute approximate surface area is 138 Å². The average Bonchev–Trinajstić information content (AvgIpc) is 3.05. The number of carboxylic acids is 1. The average molecular weight is 338 g/mol. The minimum atomic E-state index is -1.21. The predicted molar refractivity (Wildman–Crippen MR) is 80.7 cm³/mol. The molecular formula is C17H19FO6. The summed E-state index contributed by atoms with van der Waals surface area (Å²) in [5.74, 6) is -1.85. The van der Waals surface area contributed by atoms with Crippen molar-refractivity contribution in [2.75, 3.05) is 13.7 Å². The van der Waals surface area contributed by atoms with Gasteiger partial charge in [-0.1, -0.05) is 0 Å². The maximum Gasteiger partial charge on any atom is 0.339 e. The van der Waals surface area contributed by atoms with Crippen LogP contribution < -0.4 is 9.47 Å². The molecule has 0 heterocycles. The number of carboxylic acid groups (broad SMARTS) is 1. The Balaban J connectivity index is 1.66. The van der Waals surface area contributed by atoms with Crippen LogP contribution in [-0.2, 0) is 9.53 Å². The van der Waals surface area contributed by atoms with Crippen LogP contribution in [-0.4, -0.2) is 36.9 Å². The van der Waals surface area contributed by atoms with Gasteiger partial charge < -0.3 is 19.3 Å². The first kappa shape index (κ1) is 16.5. The summed E-state index contributed by atoms with van der Waals surface area (Å²) in [6, 6.07) is 2.15. The minimum Gasteiger partial charge on any atom is -0.496 e. The van der Waals surface area contributed by atoms with Gasteiger partial charge in [-0.15, -0.1) is 0 Å². The molecule has 2 aliphatic rings. The molecule has 0 aliphatic heterocycles. The Kier molecular flexibility index (Phi) is 4.34. The van der Waals surface area contributed by atoms with E-state index in [4.69, 9.17) is 19.3 Å². The highest BCUT2D eigenvalue weighted by Gasteiger charge is 2.61. The van der Waals surface area contributed by atoms with Gasteiger partial charge in [0.1, 0.15) is 11.3 Å². The molecule has 1 aromatic rings. The summed E-state index contributed by atoms with van der Waals surface area (Å²) >= 11 is 0. The van der Waals surface area contributed by atoms with Crippen molar-refractivity contribution in [2.45, 2.75) is 25.9 Å². The molecular weight excluding hydrogens is 319 g/mol. The summed E-state index contributed by atoms with van der Waals surface area (Å²) in [6.07, 6.45) is 1.06. The van der Waals surface area contributed by atoms with Crippen molar-refractivity contribution in [2.24, 2.45) is 17.8 Å². The third kappa shape index (κ3) is 2.90. The number of carbonyl (C=O) groups excluding carboxylic acids is 1. The second-order valence-electron chi connectivity index (χ2n) is 6.10. The van der Waals surface area contributed by atoms with Crippen molar-refractivity contribution in [1.82, 2.24) is 0 Å². The van der Waals surface area contributed by atoms with Gasteiger partial charge in [0, 0.05) is 12.1 Å². The second-order valence-corrected chi connectivity index (χ2v) is 6.10. The molecule has 1 N–H and O–H groups in total. The molecule has 4 atom stereocenters. The normalized spacial score (nSPS) is 27.3. The third-order valence-electron chi connectivity index (χ3n) is 4.74. The number of esters is 1. The number of carbonyl (C=O) groups is 2. The van der Waals surface area contributed by atoms with Gasteiger partial charge in [-0.25, -0.2) is 9.18 Å². The fourth-order valence-corrected chi connectivity index (χ4v) is 3.62. The quantitative estimate of drug-likeness (QED) is 0.803. The van der Waals surface area contributed by atoms with Gasteiger partial charge in [0.05, 0.1) is 25.7 Å². The largest absolute Gasteiger partial charge is 0.496 e. The van der Waals surface area contributed by atoms with Crippen LogP contribution in [0.15, 0.2) is 12.1 Å². The van der Waals surface area contributed by atoms with Gasteiger partial charge in [-0.3, -0.25) is 4.79 Å². The van der Waals surface area contributed by atoms with Crippen LogP contribution in [0.5, 0.6) is 11.5 Å². The van der Waals surface area contributed by atoms with Crippen molar-refractivity contribution in [3.05, 3.63) is 23.5 Å². The molecule has 7 heteroatoms. The predicted octanol–water partition coefficient (Wildman–Crippen LogP) is 2.50. The first-order valence-electron chi connectivity index (χ1n) is 7.90. The molecule has 0 amide bonds. The number of fused-ring (bicyclic) bond motifs is 1. The zero-order chi connectivity index (χ0) is 17.4. The van der Waals surface area contributed by atoms with Gasteiger partial charge in [-0.05, 0) is 31.6 Å². The van der Waals surface area contributed by atoms with Crippen LogP contribution in [0.1, 0.15) is 30.1 Å². The number of rotatable bonds is 6. The smallest absolute Gasteiger partial charge is 0.339 e. The van der Waals surface area contributed by atoms with Crippen LogP contribution in [0.25, 0.3) is 0 Å². The molecule has 1 aromatic carbocycles. The Hall–Kier alpha value is -2.31. The first-order chi connectivity index (χ1) is 11.5. The maximum atomic E-state index is 14.1. The lowest BCUT2D eigenvalue weighted by molar-refractivity contribution is -0.145. The van der Waals surface area contributed by atoms with E-state index in [2.05, 4.69) is 0 Å². The van der Waals surface area contributed by atoms with Crippen LogP contribution >= 0.6 is 0 Å². The van der Waals surface area contributed by atoms with Crippen molar-refractivity contribution in [3.8, 4) is 11.5 Å². The zero-order valence-corrected chi connectivity index (χ0v) is 13.5. The van der Waals surface area contributed by atoms with Crippen LogP contribution in [0, 0.1) is 23.6 Å². The Morgan fingerprint density at radius 1 is 1.25 bits per heavy atom. The summed E-state index contributed by atoms with van der Waals surface area (Å²) in [7, 11) is 1.28.